The first-order valence-corrected chi connectivity index (χ1v) is 4.41. The fraction of sp³-hybridized carbons (Fsp3) is 0.600. The normalized spacial score (nSPS) is 28.0. The molecule has 0 bridgehead atoms. The van der Waals surface area contributed by atoms with Crippen LogP contribution in [-0.2, 0) is 9.59 Å². The lowest BCUT2D eigenvalue weighted by Gasteiger charge is -2.25. The molecule has 0 aromatic carbocycles. The molecule has 1 N–H and O–H groups in total. The molecule has 3 nitrogen and oxygen atoms in total. The van der Waals surface area contributed by atoms with E-state index in [4.69, 9.17) is 5.11 Å². The summed E-state index contributed by atoms with van der Waals surface area (Å²) in [4.78, 5) is 22.0. The van der Waals surface area contributed by atoms with Gasteiger partial charge >= 0.3 is 5.97 Å². The molecule has 0 radical (unpaired) electrons. The molecule has 13 heavy (non-hydrogen) atoms. The van der Waals surface area contributed by atoms with Crippen LogP contribution in [-0.4, -0.2) is 16.9 Å². The minimum absolute atomic E-state index is 0.0175. The Kier molecular flexibility index (Phi) is 2.86. The van der Waals surface area contributed by atoms with E-state index in [1.54, 1.807) is 0 Å². The summed E-state index contributed by atoms with van der Waals surface area (Å²) in [6.07, 6.45) is 3.06. The highest BCUT2D eigenvalue weighted by Gasteiger charge is 2.33. The van der Waals surface area contributed by atoms with Crippen LogP contribution >= 0.6 is 0 Å². The van der Waals surface area contributed by atoms with E-state index in [1.165, 1.54) is 6.92 Å². The van der Waals surface area contributed by atoms with Gasteiger partial charge in [-0.2, -0.15) is 0 Å². The SMILES string of the molecule is CC(=O)C1CC=C(C)CC1C(=O)O. The van der Waals surface area contributed by atoms with Crippen molar-refractivity contribution in [3.63, 3.8) is 0 Å². The van der Waals surface area contributed by atoms with E-state index >= 15 is 0 Å². The summed E-state index contributed by atoms with van der Waals surface area (Å²) in [5, 5.41) is 8.90. The van der Waals surface area contributed by atoms with Crippen molar-refractivity contribution >= 4 is 11.8 Å². The number of Topliss-reactive ketones (excluding diaryl/α,β-unsaturated/α-hetero) is 1. The number of hydrogen-bond donors (Lipinski definition) is 1. The summed E-state index contributed by atoms with van der Waals surface area (Å²) >= 11 is 0. The van der Waals surface area contributed by atoms with E-state index in [-0.39, 0.29) is 11.7 Å². The molecule has 1 aliphatic carbocycles. The Bertz CT molecular complexity index is 265. The van der Waals surface area contributed by atoms with Gasteiger partial charge in [-0.25, -0.2) is 0 Å². The molecule has 0 aliphatic heterocycles. The van der Waals surface area contributed by atoms with Crippen molar-refractivity contribution in [3.05, 3.63) is 11.6 Å². The van der Waals surface area contributed by atoms with Crippen molar-refractivity contribution in [1.82, 2.24) is 0 Å². The maximum Gasteiger partial charge on any atom is 0.307 e. The van der Waals surface area contributed by atoms with E-state index in [2.05, 4.69) is 0 Å². The molecular weight excluding hydrogens is 168 g/mol. The number of aliphatic carboxylic acids is 1. The lowest BCUT2D eigenvalue weighted by Crippen LogP contribution is -2.30. The van der Waals surface area contributed by atoms with Gasteiger partial charge in [-0.15, -0.1) is 0 Å². The number of carboxylic acids is 1. The monoisotopic (exact) mass is 182 g/mol. The maximum atomic E-state index is 11.1. The van der Waals surface area contributed by atoms with Crippen LogP contribution in [0.5, 0.6) is 0 Å². The first-order chi connectivity index (χ1) is 6.02. The fourth-order valence-electron chi connectivity index (χ4n) is 1.77. The van der Waals surface area contributed by atoms with Crippen molar-refractivity contribution in [3.8, 4) is 0 Å². The van der Waals surface area contributed by atoms with Gasteiger partial charge in [-0.1, -0.05) is 11.6 Å². The second-order valence-corrected chi connectivity index (χ2v) is 3.65. The Balaban J connectivity index is 2.83. The highest BCUT2D eigenvalue weighted by molar-refractivity contribution is 5.85. The maximum absolute atomic E-state index is 11.1. The van der Waals surface area contributed by atoms with Gasteiger partial charge in [0, 0.05) is 5.92 Å². The molecule has 0 saturated heterocycles. The summed E-state index contributed by atoms with van der Waals surface area (Å²) in [7, 11) is 0. The molecule has 0 aromatic rings. The van der Waals surface area contributed by atoms with E-state index in [1.807, 2.05) is 13.0 Å². The molecule has 0 aromatic heterocycles. The molecule has 0 fully saturated rings. The predicted octanol–water partition coefficient (Wildman–Crippen LogP) is 1.63. The van der Waals surface area contributed by atoms with Crippen LogP contribution in [0, 0.1) is 11.8 Å². The molecule has 0 amide bonds. The van der Waals surface area contributed by atoms with Gasteiger partial charge in [0.15, 0.2) is 0 Å². The Morgan fingerprint density at radius 2 is 2.08 bits per heavy atom. The van der Waals surface area contributed by atoms with Crippen LogP contribution in [0.2, 0.25) is 0 Å². The highest BCUT2D eigenvalue weighted by atomic mass is 16.4. The summed E-state index contributed by atoms with van der Waals surface area (Å²) in [6, 6.07) is 0. The van der Waals surface area contributed by atoms with Gasteiger partial charge < -0.3 is 5.11 Å². The van der Waals surface area contributed by atoms with Gasteiger partial charge in [0.1, 0.15) is 5.78 Å². The number of carbonyl (C=O) groups excluding carboxylic acids is 1. The van der Waals surface area contributed by atoms with Crippen molar-refractivity contribution in [2.24, 2.45) is 11.8 Å². The Morgan fingerprint density at radius 3 is 2.54 bits per heavy atom. The number of carboxylic acid groups (broad SMARTS) is 1. The average Bonchev–Trinajstić information content (AvgIpc) is 2.03. The fourth-order valence-corrected chi connectivity index (χ4v) is 1.77. The van der Waals surface area contributed by atoms with Crippen molar-refractivity contribution < 1.29 is 14.7 Å². The smallest absolute Gasteiger partial charge is 0.307 e. The summed E-state index contributed by atoms with van der Waals surface area (Å²) in [5.41, 5.74) is 1.07. The molecule has 0 spiro atoms. The number of carbonyl (C=O) groups is 2. The largest absolute Gasteiger partial charge is 0.481 e. The lowest BCUT2D eigenvalue weighted by atomic mass is 9.78. The topological polar surface area (TPSA) is 54.4 Å². The summed E-state index contributed by atoms with van der Waals surface area (Å²) in [5.74, 6) is -1.70. The Labute approximate surface area is 77.4 Å². The zero-order chi connectivity index (χ0) is 10.0. The third-order valence-electron chi connectivity index (χ3n) is 2.59. The van der Waals surface area contributed by atoms with Crippen molar-refractivity contribution in [2.45, 2.75) is 26.7 Å². The van der Waals surface area contributed by atoms with Crippen molar-refractivity contribution in [1.29, 1.82) is 0 Å². The molecular formula is C10H14O3. The number of ketones is 1. The number of hydrogen-bond acceptors (Lipinski definition) is 2. The highest BCUT2D eigenvalue weighted by Crippen LogP contribution is 2.30. The van der Waals surface area contributed by atoms with Gasteiger partial charge in [0.2, 0.25) is 0 Å². The van der Waals surface area contributed by atoms with E-state index < -0.39 is 11.9 Å². The molecule has 3 heteroatoms. The van der Waals surface area contributed by atoms with Crippen LogP contribution in [0.15, 0.2) is 11.6 Å². The van der Waals surface area contributed by atoms with Gasteiger partial charge in [0.25, 0.3) is 0 Å². The molecule has 0 heterocycles. The lowest BCUT2D eigenvalue weighted by molar-refractivity contribution is -0.146. The van der Waals surface area contributed by atoms with Crippen LogP contribution in [0.3, 0.4) is 0 Å². The Hall–Kier alpha value is -1.12. The molecule has 72 valence electrons. The zero-order valence-corrected chi connectivity index (χ0v) is 7.91. The molecule has 0 saturated carbocycles. The molecule has 1 aliphatic rings. The van der Waals surface area contributed by atoms with Crippen LogP contribution < -0.4 is 0 Å². The molecule has 2 unspecified atom stereocenters. The standard InChI is InChI=1S/C10H14O3/c1-6-3-4-8(7(2)11)9(5-6)10(12)13/h3,8-9H,4-5H2,1-2H3,(H,12,13). The average molecular weight is 182 g/mol. The van der Waals surface area contributed by atoms with E-state index in [9.17, 15) is 9.59 Å². The minimum Gasteiger partial charge on any atom is -0.481 e. The molecule has 1 rings (SSSR count). The van der Waals surface area contributed by atoms with Crippen molar-refractivity contribution in [2.75, 3.05) is 0 Å². The van der Waals surface area contributed by atoms with Crippen LogP contribution in [0.25, 0.3) is 0 Å². The zero-order valence-electron chi connectivity index (χ0n) is 7.91. The summed E-state index contributed by atoms with van der Waals surface area (Å²) in [6.45, 7) is 3.38. The van der Waals surface area contributed by atoms with Crippen LogP contribution in [0.4, 0.5) is 0 Å². The second-order valence-electron chi connectivity index (χ2n) is 3.65. The van der Waals surface area contributed by atoms with E-state index in [0.29, 0.717) is 12.8 Å². The third kappa shape index (κ3) is 2.17. The molecule has 2 atom stereocenters. The van der Waals surface area contributed by atoms with Gasteiger partial charge in [-0.3, -0.25) is 9.59 Å². The number of rotatable bonds is 2. The second kappa shape index (κ2) is 3.73. The van der Waals surface area contributed by atoms with Gasteiger partial charge in [0.05, 0.1) is 5.92 Å². The predicted molar refractivity (Wildman–Crippen MR) is 48.3 cm³/mol. The summed E-state index contributed by atoms with van der Waals surface area (Å²) < 4.78 is 0. The van der Waals surface area contributed by atoms with Crippen LogP contribution in [0.1, 0.15) is 26.7 Å². The third-order valence-corrected chi connectivity index (χ3v) is 2.59. The quantitative estimate of drug-likeness (QED) is 0.660. The van der Waals surface area contributed by atoms with E-state index in [0.717, 1.165) is 5.57 Å². The minimum atomic E-state index is -0.854. The number of allylic oxidation sites excluding steroid dienone is 2. The first-order valence-electron chi connectivity index (χ1n) is 4.41. The Morgan fingerprint density at radius 1 is 1.46 bits per heavy atom. The van der Waals surface area contributed by atoms with Gasteiger partial charge in [-0.05, 0) is 26.7 Å². The first kappa shape index (κ1) is 9.96.